The first-order chi connectivity index (χ1) is 7.54. The average Bonchev–Trinajstić information content (AvgIpc) is 2.28. The minimum Gasteiger partial charge on any atom is -0.394 e. The summed E-state index contributed by atoms with van der Waals surface area (Å²) >= 11 is 5.39. The van der Waals surface area contributed by atoms with Crippen LogP contribution in [0.25, 0.3) is 0 Å². The molecule has 0 radical (unpaired) electrons. The van der Waals surface area contributed by atoms with E-state index in [0.29, 0.717) is 10.0 Å². The van der Waals surface area contributed by atoms with Crippen molar-refractivity contribution in [2.24, 2.45) is 0 Å². The number of aliphatic hydroxyl groups is 2. The van der Waals surface area contributed by atoms with E-state index in [0.717, 1.165) is 3.57 Å². The predicted octanol–water partition coefficient (Wildman–Crippen LogP) is 1.14. The van der Waals surface area contributed by atoms with Crippen molar-refractivity contribution in [2.75, 3.05) is 13.2 Å². The maximum Gasteiger partial charge on any atom is 0.252 e. The highest BCUT2D eigenvalue weighted by molar-refractivity contribution is 14.1. The third kappa shape index (κ3) is 4.00. The highest BCUT2D eigenvalue weighted by Crippen LogP contribution is 2.19. The van der Waals surface area contributed by atoms with Crippen molar-refractivity contribution in [1.82, 2.24) is 5.32 Å². The fourth-order valence-electron chi connectivity index (χ4n) is 1.04. The molecule has 1 amide bonds. The van der Waals surface area contributed by atoms with Gasteiger partial charge in [0.05, 0.1) is 18.3 Å². The number of halogens is 2. The van der Waals surface area contributed by atoms with Gasteiger partial charge in [-0.05, 0) is 56.7 Å². The van der Waals surface area contributed by atoms with Crippen molar-refractivity contribution in [3.8, 4) is 0 Å². The van der Waals surface area contributed by atoms with E-state index in [9.17, 15) is 4.79 Å². The molecule has 0 fully saturated rings. The van der Waals surface area contributed by atoms with Crippen molar-refractivity contribution in [2.45, 2.75) is 6.10 Å². The third-order valence-electron chi connectivity index (χ3n) is 1.88. The zero-order chi connectivity index (χ0) is 12.1. The van der Waals surface area contributed by atoms with Crippen LogP contribution < -0.4 is 5.32 Å². The minimum absolute atomic E-state index is 0.0350. The average molecular weight is 400 g/mol. The standard InChI is InChI=1S/C10H11BrINO3/c11-9-2-1-6(12)3-8(9)10(16)13-4-7(15)5-14/h1-3,7,14-15H,4-5H2,(H,13,16). The molecule has 1 aromatic carbocycles. The Balaban J connectivity index is 2.69. The Kier molecular flexibility index (Phi) is 5.67. The van der Waals surface area contributed by atoms with Gasteiger partial charge in [0.25, 0.3) is 5.91 Å². The molecule has 1 unspecified atom stereocenters. The summed E-state index contributed by atoms with van der Waals surface area (Å²) in [4.78, 5) is 11.7. The molecule has 1 atom stereocenters. The highest BCUT2D eigenvalue weighted by Gasteiger charge is 2.11. The minimum atomic E-state index is -0.925. The first kappa shape index (κ1) is 13.9. The van der Waals surface area contributed by atoms with Gasteiger partial charge in [-0.3, -0.25) is 4.79 Å². The number of aliphatic hydroxyl groups excluding tert-OH is 2. The summed E-state index contributed by atoms with van der Waals surface area (Å²) in [5.41, 5.74) is 0.511. The number of nitrogens with one attached hydrogen (secondary N) is 1. The fourth-order valence-corrected chi connectivity index (χ4v) is 1.96. The second kappa shape index (κ2) is 6.53. The zero-order valence-electron chi connectivity index (χ0n) is 8.28. The molecule has 1 rings (SSSR count). The SMILES string of the molecule is O=C(NCC(O)CO)c1cc(I)ccc1Br. The summed E-state index contributed by atoms with van der Waals surface area (Å²) in [5, 5.41) is 20.2. The monoisotopic (exact) mass is 399 g/mol. The third-order valence-corrected chi connectivity index (χ3v) is 3.24. The Bertz CT molecular complexity index is 386. The van der Waals surface area contributed by atoms with E-state index in [1.54, 1.807) is 12.1 Å². The van der Waals surface area contributed by atoms with Crippen molar-refractivity contribution >= 4 is 44.4 Å². The number of carbonyl (C=O) groups is 1. The van der Waals surface area contributed by atoms with E-state index in [2.05, 4.69) is 43.8 Å². The van der Waals surface area contributed by atoms with Gasteiger partial charge in [0.15, 0.2) is 0 Å². The first-order valence-electron chi connectivity index (χ1n) is 4.56. The van der Waals surface area contributed by atoms with Gasteiger partial charge in [-0.25, -0.2) is 0 Å². The molecule has 0 spiro atoms. The van der Waals surface area contributed by atoms with Crippen LogP contribution >= 0.6 is 38.5 Å². The van der Waals surface area contributed by atoms with Gasteiger partial charge in [0, 0.05) is 14.6 Å². The van der Waals surface area contributed by atoms with Crippen LogP contribution in [0.1, 0.15) is 10.4 Å². The highest BCUT2D eigenvalue weighted by atomic mass is 127. The molecule has 0 saturated heterocycles. The summed E-state index contributed by atoms with van der Waals surface area (Å²) in [5.74, 6) is -0.280. The van der Waals surface area contributed by atoms with Crippen molar-refractivity contribution in [1.29, 1.82) is 0 Å². The lowest BCUT2D eigenvalue weighted by atomic mass is 10.2. The van der Waals surface area contributed by atoms with Crippen LogP contribution in [-0.4, -0.2) is 35.4 Å². The number of hydrogen-bond donors (Lipinski definition) is 3. The molecule has 0 saturated carbocycles. The van der Waals surface area contributed by atoms with Crippen LogP contribution in [-0.2, 0) is 0 Å². The molecular formula is C10H11BrINO3. The molecule has 0 bridgehead atoms. The number of benzene rings is 1. The van der Waals surface area contributed by atoms with Gasteiger partial charge in [0.2, 0.25) is 0 Å². The molecule has 3 N–H and O–H groups in total. The van der Waals surface area contributed by atoms with Crippen LogP contribution in [0.3, 0.4) is 0 Å². The van der Waals surface area contributed by atoms with Crippen molar-refractivity contribution in [3.05, 3.63) is 31.8 Å². The Labute approximate surface area is 115 Å². The molecule has 1 aromatic rings. The van der Waals surface area contributed by atoms with E-state index in [1.807, 2.05) is 6.07 Å². The first-order valence-corrected chi connectivity index (χ1v) is 6.44. The Morgan fingerprint density at radius 2 is 2.25 bits per heavy atom. The van der Waals surface area contributed by atoms with Crippen LogP contribution in [0.15, 0.2) is 22.7 Å². The van der Waals surface area contributed by atoms with Crippen molar-refractivity contribution in [3.63, 3.8) is 0 Å². The molecule has 4 nitrogen and oxygen atoms in total. The maximum absolute atomic E-state index is 11.7. The molecule has 16 heavy (non-hydrogen) atoms. The van der Waals surface area contributed by atoms with Gasteiger partial charge in [0.1, 0.15) is 0 Å². The van der Waals surface area contributed by atoms with Gasteiger partial charge >= 0.3 is 0 Å². The molecule has 0 aromatic heterocycles. The van der Waals surface area contributed by atoms with E-state index in [4.69, 9.17) is 10.2 Å². The summed E-state index contributed by atoms with van der Waals surface area (Å²) < 4.78 is 1.65. The van der Waals surface area contributed by atoms with Crippen LogP contribution in [0.4, 0.5) is 0 Å². The zero-order valence-corrected chi connectivity index (χ0v) is 12.0. The van der Waals surface area contributed by atoms with Gasteiger partial charge in [-0.15, -0.1) is 0 Å². The van der Waals surface area contributed by atoms with Gasteiger partial charge in [-0.1, -0.05) is 0 Å². The fraction of sp³-hybridized carbons (Fsp3) is 0.300. The Hall–Kier alpha value is -0.180. The second-order valence-electron chi connectivity index (χ2n) is 3.17. The molecule has 6 heteroatoms. The number of hydrogen-bond acceptors (Lipinski definition) is 3. The van der Waals surface area contributed by atoms with E-state index < -0.39 is 6.10 Å². The summed E-state index contributed by atoms with van der Waals surface area (Å²) in [6.45, 7) is -0.332. The smallest absolute Gasteiger partial charge is 0.252 e. The van der Waals surface area contributed by atoms with E-state index >= 15 is 0 Å². The molecule has 88 valence electrons. The molecule has 0 aliphatic rings. The largest absolute Gasteiger partial charge is 0.394 e. The van der Waals surface area contributed by atoms with Crippen LogP contribution in [0.2, 0.25) is 0 Å². The Morgan fingerprint density at radius 3 is 2.88 bits per heavy atom. The quantitative estimate of drug-likeness (QED) is 0.665. The Morgan fingerprint density at radius 1 is 1.56 bits per heavy atom. The van der Waals surface area contributed by atoms with Gasteiger partial charge in [-0.2, -0.15) is 0 Å². The van der Waals surface area contributed by atoms with Crippen molar-refractivity contribution < 1.29 is 15.0 Å². The number of carbonyl (C=O) groups excluding carboxylic acids is 1. The molecule has 0 aliphatic carbocycles. The molecule has 0 aliphatic heterocycles. The summed E-state index contributed by atoms with van der Waals surface area (Å²) in [6.07, 6.45) is -0.925. The second-order valence-corrected chi connectivity index (χ2v) is 5.27. The topological polar surface area (TPSA) is 69.6 Å². The summed E-state index contributed by atoms with van der Waals surface area (Å²) in [6, 6.07) is 5.41. The predicted molar refractivity (Wildman–Crippen MR) is 72.3 cm³/mol. The summed E-state index contributed by atoms with van der Waals surface area (Å²) in [7, 11) is 0. The van der Waals surface area contributed by atoms with Gasteiger partial charge < -0.3 is 15.5 Å². The molecule has 0 heterocycles. The van der Waals surface area contributed by atoms with E-state index in [1.165, 1.54) is 0 Å². The normalized spacial score (nSPS) is 12.2. The van der Waals surface area contributed by atoms with Crippen LogP contribution in [0, 0.1) is 3.57 Å². The van der Waals surface area contributed by atoms with E-state index in [-0.39, 0.29) is 19.1 Å². The number of amides is 1. The van der Waals surface area contributed by atoms with Crippen LogP contribution in [0.5, 0.6) is 0 Å². The maximum atomic E-state index is 11.7. The number of rotatable bonds is 4. The lowest BCUT2D eigenvalue weighted by molar-refractivity contribution is 0.0801. The lowest BCUT2D eigenvalue weighted by Gasteiger charge is -2.10. The lowest BCUT2D eigenvalue weighted by Crippen LogP contribution is -2.34. The molecular weight excluding hydrogens is 389 g/mol.